The van der Waals surface area contributed by atoms with Gasteiger partial charge in [-0.2, -0.15) is 0 Å². The summed E-state index contributed by atoms with van der Waals surface area (Å²) in [5.41, 5.74) is 0.829. The largest absolute Gasteiger partial charge is 0.492 e. The predicted molar refractivity (Wildman–Crippen MR) is 167 cm³/mol. The van der Waals surface area contributed by atoms with Gasteiger partial charge in [0, 0.05) is 24.5 Å². The molecule has 240 valence electrons. The lowest BCUT2D eigenvalue weighted by Crippen LogP contribution is -2.54. The van der Waals surface area contributed by atoms with Crippen molar-refractivity contribution in [3.8, 4) is 11.5 Å². The number of piperidine rings is 1. The van der Waals surface area contributed by atoms with Gasteiger partial charge in [-0.3, -0.25) is 39.0 Å². The maximum Gasteiger partial charge on any atom is 0.293 e. The third kappa shape index (κ3) is 6.20. The second-order valence-electron chi connectivity index (χ2n) is 10.5. The number of imide groups is 2. The lowest BCUT2D eigenvalue weighted by atomic mass is 10.0. The Balaban J connectivity index is 1.23. The topological polar surface area (TPSA) is 191 Å². The van der Waals surface area contributed by atoms with Crippen molar-refractivity contribution in [2.75, 3.05) is 25.6 Å². The van der Waals surface area contributed by atoms with E-state index in [1.54, 1.807) is 18.2 Å². The first-order valence-electron chi connectivity index (χ1n) is 14.4. The van der Waals surface area contributed by atoms with E-state index in [1.807, 2.05) is 0 Å². The third-order valence-corrected chi connectivity index (χ3v) is 7.90. The number of nitrogens with zero attached hydrogens (tertiary/aromatic N) is 4. The van der Waals surface area contributed by atoms with Crippen LogP contribution in [0.2, 0.25) is 5.02 Å². The Bertz CT molecular complexity index is 2030. The first-order chi connectivity index (χ1) is 22.6. The molecular weight excluding hydrogens is 634 g/mol. The van der Waals surface area contributed by atoms with E-state index in [4.69, 9.17) is 21.1 Å². The summed E-state index contributed by atoms with van der Waals surface area (Å²) in [5, 5.41) is 8.62. The standard InChI is InChI=1S/C31H26ClN7O8/c1-33-26(41)14-47-24-11-16-10-17(36-27-21(32)13-34-15-35-27)2-5-22(16)38(31(24)45)8-9-46-18-3-4-19-20(12-18)30(44)39(29(19)43)23-6-7-25(40)37-28(23)42/h2-5,10-13,15,23H,6-9,14H2,1H3,(H,33,41)(H,34,35,36)(H,37,40,42). The molecule has 2 aromatic carbocycles. The number of benzene rings is 2. The molecule has 6 rings (SSSR count). The molecule has 0 radical (unpaired) electrons. The van der Waals surface area contributed by atoms with E-state index in [0.29, 0.717) is 27.4 Å². The van der Waals surface area contributed by atoms with Crippen molar-refractivity contribution in [3.05, 3.63) is 81.5 Å². The number of likely N-dealkylation sites (N-methyl/N-ethyl adjacent to an activating group) is 1. The van der Waals surface area contributed by atoms with Crippen LogP contribution in [0.25, 0.3) is 10.9 Å². The average Bonchev–Trinajstić information content (AvgIpc) is 3.30. The summed E-state index contributed by atoms with van der Waals surface area (Å²) in [7, 11) is 1.45. The molecule has 1 saturated heterocycles. The molecule has 0 aliphatic carbocycles. The Labute approximate surface area is 270 Å². The van der Waals surface area contributed by atoms with Gasteiger partial charge in [-0.05, 0) is 48.9 Å². The Hall–Kier alpha value is -5.83. The van der Waals surface area contributed by atoms with Gasteiger partial charge in [0.05, 0.1) is 29.4 Å². The quantitative estimate of drug-likeness (QED) is 0.210. The van der Waals surface area contributed by atoms with Gasteiger partial charge in [-0.15, -0.1) is 0 Å². The zero-order valence-electron chi connectivity index (χ0n) is 24.7. The normalized spacial score (nSPS) is 15.8. The second-order valence-corrected chi connectivity index (χ2v) is 11.0. The molecule has 1 atom stereocenters. The van der Waals surface area contributed by atoms with E-state index >= 15 is 0 Å². The number of carbonyl (C=O) groups is 5. The number of nitrogens with one attached hydrogen (secondary N) is 3. The van der Waals surface area contributed by atoms with Crippen molar-refractivity contribution in [2.45, 2.75) is 25.4 Å². The number of halogens is 1. The summed E-state index contributed by atoms with van der Waals surface area (Å²) in [6.07, 6.45) is 2.85. The first-order valence-corrected chi connectivity index (χ1v) is 14.7. The van der Waals surface area contributed by atoms with Crippen molar-refractivity contribution in [1.82, 2.24) is 30.1 Å². The summed E-state index contributed by atoms with van der Waals surface area (Å²) in [4.78, 5) is 84.3. The van der Waals surface area contributed by atoms with Gasteiger partial charge in [0.15, 0.2) is 18.2 Å². The zero-order valence-corrected chi connectivity index (χ0v) is 25.5. The highest BCUT2D eigenvalue weighted by Crippen LogP contribution is 2.31. The van der Waals surface area contributed by atoms with Crippen LogP contribution in [0, 0.1) is 0 Å². The maximum absolute atomic E-state index is 13.5. The second kappa shape index (κ2) is 12.9. The first kappa shape index (κ1) is 31.2. The van der Waals surface area contributed by atoms with Crippen LogP contribution >= 0.6 is 11.6 Å². The summed E-state index contributed by atoms with van der Waals surface area (Å²) < 4.78 is 12.9. The molecule has 5 amide bonds. The van der Waals surface area contributed by atoms with Crippen molar-refractivity contribution >= 4 is 63.5 Å². The molecule has 4 heterocycles. The number of aromatic nitrogens is 3. The van der Waals surface area contributed by atoms with Gasteiger partial charge in [0.2, 0.25) is 11.8 Å². The number of ether oxygens (including phenoxy) is 2. The van der Waals surface area contributed by atoms with E-state index in [1.165, 1.54) is 48.4 Å². The minimum atomic E-state index is -1.09. The van der Waals surface area contributed by atoms with Gasteiger partial charge in [-0.25, -0.2) is 9.97 Å². The molecule has 1 fully saturated rings. The number of hydrogen-bond donors (Lipinski definition) is 3. The highest BCUT2D eigenvalue weighted by molar-refractivity contribution is 6.32. The Morgan fingerprint density at radius 3 is 2.62 bits per heavy atom. The van der Waals surface area contributed by atoms with Crippen LogP contribution in [0.4, 0.5) is 11.5 Å². The molecule has 15 nitrogen and oxygen atoms in total. The van der Waals surface area contributed by atoms with Crippen molar-refractivity contribution in [1.29, 1.82) is 0 Å². The van der Waals surface area contributed by atoms with Crippen molar-refractivity contribution in [2.24, 2.45) is 0 Å². The Morgan fingerprint density at radius 1 is 1.04 bits per heavy atom. The number of carbonyl (C=O) groups excluding carboxylic acids is 5. The molecule has 0 bridgehead atoms. The van der Waals surface area contributed by atoms with E-state index in [0.717, 1.165) is 4.90 Å². The van der Waals surface area contributed by atoms with Crippen LogP contribution in [0.5, 0.6) is 11.5 Å². The maximum atomic E-state index is 13.5. The SMILES string of the molecule is CNC(=O)COc1cc2cc(Nc3ncncc3Cl)ccc2n(CCOc2ccc3c(c2)C(=O)N(C2CCC(=O)NC2=O)C3=O)c1=O. The fraction of sp³-hybridized carbons (Fsp3) is 0.226. The van der Waals surface area contributed by atoms with E-state index in [2.05, 4.69) is 25.9 Å². The fourth-order valence-electron chi connectivity index (χ4n) is 5.32. The fourth-order valence-corrected chi connectivity index (χ4v) is 5.47. The molecular formula is C31H26ClN7O8. The molecule has 2 aromatic heterocycles. The molecule has 2 aliphatic heterocycles. The highest BCUT2D eigenvalue weighted by Gasteiger charge is 2.44. The number of pyridine rings is 1. The van der Waals surface area contributed by atoms with Gasteiger partial charge in [0.1, 0.15) is 29.7 Å². The highest BCUT2D eigenvalue weighted by atomic mass is 35.5. The Kier molecular flexibility index (Phi) is 8.54. The van der Waals surface area contributed by atoms with E-state index in [9.17, 15) is 28.8 Å². The van der Waals surface area contributed by atoms with Crippen LogP contribution in [-0.4, -0.2) is 75.3 Å². The molecule has 0 saturated carbocycles. The lowest BCUT2D eigenvalue weighted by molar-refractivity contribution is -0.136. The van der Waals surface area contributed by atoms with Crippen LogP contribution < -0.4 is 31.0 Å². The van der Waals surface area contributed by atoms with Crippen molar-refractivity contribution < 1.29 is 33.4 Å². The van der Waals surface area contributed by atoms with Crippen LogP contribution in [0.15, 0.2) is 59.8 Å². The minimum Gasteiger partial charge on any atom is -0.492 e. The van der Waals surface area contributed by atoms with Crippen LogP contribution in [0.3, 0.4) is 0 Å². The summed E-state index contributed by atoms with van der Waals surface area (Å²) in [6, 6.07) is 10.0. The molecule has 4 aromatic rings. The zero-order chi connectivity index (χ0) is 33.2. The lowest BCUT2D eigenvalue weighted by Gasteiger charge is -2.27. The van der Waals surface area contributed by atoms with Crippen molar-refractivity contribution in [3.63, 3.8) is 0 Å². The number of rotatable bonds is 10. The van der Waals surface area contributed by atoms with Crippen LogP contribution in [0.1, 0.15) is 33.6 Å². The van der Waals surface area contributed by atoms with Gasteiger partial charge in [0.25, 0.3) is 23.3 Å². The average molecular weight is 660 g/mol. The predicted octanol–water partition coefficient (Wildman–Crippen LogP) is 1.79. The molecule has 2 aliphatic rings. The number of hydrogen-bond acceptors (Lipinski definition) is 11. The molecule has 0 spiro atoms. The monoisotopic (exact) mass is 659 g/mol. The molecule has 3 N–H and O–H groups in total. The third-order valence-electron chi connectivity index (χ3n) is 7.62. The van der Waals surface area contributed by atoms with Gasteiger partial charge in [-0.1, -0.05) is 11.6 Å². The Morgan fingerprint density at radius 2 is 1.85 bits per heavy atom. The van der Waals surface area contributed by atoms with Gasteiger partial charge >= 0.3 is 0 Å². The summed E-state index contributed by atoms with van der Waals surface area (Å²) in [5.74, 6) is -2.30. The molecule has 1 unspecified atom stereocenters. The molecule has 47 heavy (non-hydrogen) atoms. The smallest absolute Gasteiger partial charge is 0.293 e. The summed E-state index contributed by atoms with van der Waals surface area (Å²) in [6.45, 7) is -0.356. The van der Waals surface area contributed by atoms with E-state index < -0.39 is 41.1 Å². The number of amides is 5. The molecule has 16 heteroatoms. The summed E-state index contributed by atoms with van der Waals surface area (Å²) >= 11 is 6.19. The minimum absolute atomic E-state index is 0.0123. The van der Waals surface area contributed by atoms with Gasteiger partial charge < -0.3 is 24.7 Å². The van der Waals surface area contributed by atoms with Crippen LogP contribution in [-0.2, 0) is 20.9 Å². The van der Waals surface area contributed by atoms with E-state index in [-0.39, 0.29) is 55.2 Å². The number of anilines is 2. The number of fused-ring (bicyclic) bond motifs is 2.